The van der Waals surface area contributed by atoms with Crippen LogP contribution in [0.4, 0.5) is 4.79 Å². The number of benzene rings is 1. The number of ketones is 1. The number of hydrogen-bond acceptors (Lipinski definition) is 5. The molecule has 0 saturated carbocycles. The van der Waals surface area contributed by atoms with E-state index in [0.717, 1.165) is 0 Å². The minimum absolute atomic E-state index is 0.0535. The average molecular weight is 309 g/mol. The molecule has 1 rings (SSSR count). The Hall–Kier alpha value is -2.90. The van der Waals surface area contributed by atoms with Gasteiger partial charge in [0.1, 0.15) is 24.9 Å². The summed E-state index contributed by atoms with van der Waals surface area (Å²) in [4.78, 5) is 44.1. The van der Waals surface area contributed by atoms with Gasteiger partial charge in [-0.3, -0.25) is 9.59 Å². The van der Waals surface area contributed by atoms with Crippen LogP contribution in [0.1, 0.15) is 18.4 Å². The number of carboxylic acid groups (broad SMARTS) is 2. The summed E-state index contributed by atoms with van der Waals surface area (Å²) in [5.41, 5.74) is 0.714. The third-order valence-corrected chi connectivity index (χ3v) is 2.58. The third-order valence-electron chi connectivity index (χ3n) is 2.58. The van der Waals surface area contributed by atoms with Crippen molar-refractivity contribution in [2.75, 3.05) is 0 Å². The lowest BCUT2D eigenvalue weighted by Crippen LogP contribution is -2.42. The Morgan fingerprint density at radius 2 is 1.73 bits per heavy atom. The Morgan fingerprint density at radius 3 is 2.27 bits per heavy atom. The maximum Gasteiger partial charge on any atom is 0.408 e. The predicted octanol–water partition coefficient (Wildman–Crippen LogP) is 0.800. The van der Waals surface area contributed by atoms with Gasteiger partial charge in [0.15, 0.2) is 0 Å². The van der Waals surface area contributed by atoms with Crippen molar-refractivity contribution < 1.29 is 34.1 Å². The minimum atomic E-state index is -1.53. The lowest BCUT2D eigenvalue weighted by atomic mass is 10.1. The first-order valence-electron chi connectivity index (χ1n) is 6.32. The molecule has 1 aromatic rings. The van der Waals surface area contributed by atoms with Crippen LogP contribution < -0.4 is 5.32 Å². The van der Waals surface area contributed by atoms with E-state index in [1.807, 2.05) is 5.32 Å². The molecule has 1 aromatic carbocycles. The standard InChI is InChI=1S/C14H15NO7/c16-10(7-12(17)18)6-11(13(19)20)15-14(21)22-8-9-4-2-1-3-5-9/h1-5,11H,6-8H2,(H,15,21)(H,17,18)(H,19,20). The molecule has 0 aliphatic heterocycles. The Labute approximate surface area is 125 Å². The number of carbonyl (C=O) groups is 4. The summed E-state index contributed by atoms with van der Waals surface area (Å²) in [7, 11) is 0. The largest absolute Gasteiger partial charge is 0.481 e. The molecule has 1 amide bonds. The molecular formula is C14H15NO7. The summed E-state index contributed by atoms with van der Waals surface area (Å²) in [6.45, 7) is -0.0535. The first-order chi connectivity index (χ1) is 10.4. The number of Topliss-reactive ketones (excluding diaryl/α,β-unsaturated/α-hetero) is 1. The van der Waals surface area contributed by atoms with Crippen molar-refractivity contribution in [2.24, 2.45) is 0 Å². The van der Waals surface area contributed by atoms with Crippen LogP contribution in [-0.2, 0) is 25.7 Å². The van der Waals surface area contributed by atoms with Crippen LogP contribution in [-0.4, -0.2) is 40.1 Å². The Kier molecular flexibility index (Phi) is 6.55. The van der Waals surface area contributed by atoms with Crippen molar-refractivity contribution in [1.29, 1.82) is 0 Å². The average Bonchev–Trinajstić information content (AvgIpc) is 2.44. The van der Waals surface area contributed by atoms with Crippen molar-refractivity contribution in [1.82, 2.24) is 5.32 Å². The third kappa shape index (κ3) is 6.51. The Balaban J connectivity index is 2.48. The van der Waals surface area contributed by atoms with E-state index in [1.165, 1.54) is 0 Å². The van der Waals surface area contributed by atoms with Gasteiger partial charge in [0.2, 0.25) is 0 Å². The second-order valence-corrected chi connectivity index (χ2v) is 4.41. The van der Waals surface area contributed by atoms with Gasteiger partial charge in [0.25, 0.3) is 0 Å². The van der Waals surface area contributed by atoms with Gasteiger partial charge >= 0.3 is 18.0 Å². The van der Waals surface area contributed by atoms with Gasteiger partial charge in [0, 0.05) is 6.42 Å². The van der Waals surface area contributed by atoms with Crippen molar-refractivity contribution in [3.05, 3.63) is 35.9 Å². The highest BCUT2D eigenvalue weighted by molar-refractivity contribution is 5.97. The van der Waals surface area contributed by atoms with Gasteiger partial charge < -0.3 is 20.3 Å². The highest BCUT2D eigenvalue weighted by Crippen LogP contribution is 2.02. The molecule has 0 saturated heterocycles. The van der Waals surface area contributed by atoms with Crippen LogP contribution >= 0.6 is 0 Å². The molecule has 1 unspecified atom stereocenters. The van der Waals surface area contributed by atoms with Gasteiger partial charge in [-0.2, -0.15) is 0 Å². The van der Waals surface area contributed by atoms with Gasteiger partial charge in [-0.15, -0.1) is 0 Å². The van der Waals surface area contributed by atoms with Crippen molar-refractivity contribution in [3.8, 4) is 0 Å². The zero-order valence-corrected chi connectivity index (χ0v) is 11.5. The molecule has 1 atom stereocenters. The van der Waals surface area contributed by atoms with Crippen molar-refractivity contribution >= 4 is 23.8 Å². The molecule has 0 aliphatic rings. The number of rotatable bonds is 8. The number of nitrogens with one attached hydrogen (secondary N) is 1. The predicted molar refractivity (Wildman–Crippen MR) is 73.1 cm³/mol. The molecular weight excluding hydrogens is 294 g/mol. The van der Waals surface area contributed by atoms with Crippen LogP contribution in [0.15, 0.2) is 30.3 Å². The fourth-order valence-corrected chi connectivity index (χ4v) is 1.58. The SMILES string of the molecule is O=C(O)CC(=O)CC(NC(=O)OCc1ccccc1)C(=O)O. The maximum atomic E-state index is 11.5. The zero-order valence-electron chi connectivity index (χ0n) is 11.5. The van der Waals surface area contributed by atoms with Crippen molar-refractivity contribution in [3.63, 3.8) is 0 Å². The second kappa shape index (κ2) is 8.40. The topological polar surface area (TPSA) is 130 Å². The lowest BCUT2D eigenvalue weighted by Gasteiger charge is -2.13. The minimum Gasteiger partial charge on any atom is -0.481 e. The number of carboxylic acids is 2. The lowest BCUT2D eigenvalue weighted by molar-refractivity contribution is -0.144. The Morgan fingerprint density at radius 1 is 1.09 bits per heavy atom. The number of hydrogen-bond donors (Lipinski definition) is 3. The highest BCUT2D eigenvalue weighted by atomic mass is 16.5. The molecule has 8 nitrogen and oxygen atoms in total. The number of ether oxygens (including phenoxy) is 1. The first-order valence-corrected chi connectivity index (χ1v) is 6.32. The summed E-state index contributed by atoms with van der Waals surface area (Å²) < 4.78 is 4.83. The summed E-state index contributed by atoms with van der Waals surface area (Å²) in [5, 5.41) is 19.4. The number of aliphatic carboxylic acids is 2. The van der Waals surface area contributed by atoms with Crippen LogP contribution in [0.2, 0.25) is 0 Å². The number of alkyl carbamates (subject to hydrolysis) is 1. The van der Waals surface area contributed by atoms with E-state index in [1.54, 1.807) is 30.3 Å². The van der Waals surface area contributed by atoms with Gasteiger partial charge in [-0.25, -0.2) is 9.59 Å². The number of amides is 1. The fourth-order valence-electron chi connectivity index (χ4n) is 1.58. The monoisotopic (exact) mass is 309 g/mol. The van der Waals surface area contributed by atoms with Gasteiger partial charge in [0.05, 0.1) is 0 Å². The first kappa shape index (κ1) is 17.2. The highest BCUT2D eigenvalue weighted by Gasteiger charge is 2.24. The van der Waals surface area contributed by atoms with Crippen LogP contribution in [0.25, 0.3) is 0 Å². The molecule has 0 radical (unpaired) electrons. The summed E-state index contributed by atoms with van der Waals surface area (Å²) in [6.07, 6.45) is -2.42. The van der Waals surface area contributed by atoms with Crippen LogP contribution in [0.3, 0.4) is 0 Å². The van der Waals surface area contributed by atoms with Gasteiger partial charge in [-0.05, 0) is 5.56 Å². The molecule has 0 spiro atoms. The molecule has 118 valence electrons. The van der Waals surface area contributed by atoms with E-state index in [9.17, 15) is 19.2 Å². The summed E-state index contributed by atoms with van der Waals surface area (Å²) >= 11 is 0. The maximum absolute atomic E-state index is 11.5. The number of carbonyl (C=O) groups excluding carboxylic acids is 2. The normalized spacial score (nSPS) is 11.3. The van der Waals surface area contributed by atoms with E-state index in [4.69, 9.17) is 14.9 Å². The van der Waals surface area contributed by atoms with Crippen LogP contribution in [0.5, 0.6) is 0 Å². The fraction of sp³-hybridized carbons (Fsp3) is 0.286. The summed E-state index contributed by atoms with van der Waals surface area (Å²) in [6, 6.07) is 7.20. The van der Waals surface area contributed by atoms with E-state index in [0.29, 0.717) is 5.56 Å². The molecule has 22 heavy (non-hydrogen) atoms. The van der Waals surface area contributed by atoms with Crippen LogP contribution in [0, 0.1) is 0 Å². The van der Waals surface area contributed by atoms with Gasteiger partial charge in [-0.1, -0.05) is 30.3 Å². The molecule has 0 aromatic heterocycles. The van der Waals surface area contributed by atoms with E-state index >= 15 is 0 Å². The van der Waals surface area contributed by atoms with E-state index in [-0.39, 0.29) is 6.61 Å². The van der Waals surface area contributed by atoms with E-state index < -0.39 is 42.7 Å². The summed E-state index contributed by atoms with van der Waals surface area (Å²) in [5.74, 6) is -3.61. The second-order valence-electron chi connectivity index (χ2n) is 4.41. The Bertz CT molecular complexity index is 556. The molecule has 0 aliphatic carbocycles. The molecule has 0 fully saturated rings. The molecule has 3 N–H and O–H groups in total. The molecule has 0 bridgehead atoms. The molecule has 0 heterocycles. The van der Waals surface area contributed by atoms with Crippen molar-refractivity contribution in [2.45, 2.75) is 25.5 Å². The van der Waals surface area contributed by atoms with E-state index in [2.05, 4.69) is 0 Å². The quantitative estimate of drug-likeness (QED) is 0.605. The smallest absolute Gasteiger partial charge is 0.408 e. The zero-order chi connectivity index (χ0) is 16.5. The molecule has 8 heteroatoms.